The molecule has 33 heavy (non-hydrogen) atoms. The number of hydrogen-bond donors (Lipinski definition) is 1. The maximum atomic E-state index is 13.5. The highest BCUT2D eigenvalue weighted by Crippen LogP contribution is 2.29. The molecule has 0 aromatic heterocycles. The highest BCUT2D eigenvalue weighted by molar-refractivity contribution is 9.10. The summed E-state index contributed by atoms with van der Waals surface area (Å²) >= 11 is 4.93. The molecule has 0 aliphatic carbocycles. The van der Waals surface area contributed by atoms with Crippen molar-refractivity contribution in [2.24, 2.45) is 0 Å². The Labute approximate surface area is 207 Å². The van der Waals surface area contributed by atoms with Crippen molar-refractivity contribution >= 4 is 55.0 Å². The van der Waals surface area contributed by atoms with Gasteiger partial charge in [-0.1, -0.05) is 35.0 Å². The minimum absolute atomic E-state index is 0.0920. The number of carbonyl (C=O) groups excluding carboxylic acids is 1. The maximum Gasteiger partial charge on any atom is 0.264 e. The molecule has 0 spiro atoms. The van der Waals surface area contributed by atoms with E-state index in [1.807, 2.05) is 32.0 Å². The van der Waals surface area contributed by atoms with Crippen LogP contribution in [0.15, 0.2) is 87.1 Å². The number of halogens is 1. The molecule has 1 amide bonds. The molecular weight excluding hydrogens is 524 g/mol. The SMILES string of the molecule is CCOc1ccc(N(CC(=O)Nc2ccccc2SCC)S(=O)(=O)c2ccc(Br)cc2)cc1. The average molecular weight is 550 g/mol. The van der Waals surface area contributed by atoms with Crippen LogP contribution in [0.5, 0.6) is 5.75 Å². The van der Waals surface area contributed by atoms with Crippen LogP contribution < -0.4 is 14.4 Å². The molecule has 3 rings (SSSR count). The normalized spacial score (nSPS) is 11.1. The molecule has 0 saturated carbocycles. The number of hydrogen-bond acceptors (Lipinski definition) is 5. The Morgan fingerprint density at radius 3 is 2.30 bits per heavy atom. The van der Waals surface area contributed by atoms with Crippen LogP contribution in [-0.4, -0.2) is 33.2 Å². The second kappa shape index (κ2) is 11.6. The first kappa shape index (κ1) is 25.1. The van der Waals surface area contributed by atoms with Gasteiger partial charge in [0.1, 0.15) is 12.3 Å². The number of rotatable bonds is 10. The van der Waals surface area contributed by atoms with Crippen LogP contribution in [-0.2, 0) is 14.8 Å². The van der Waals surface area contributed by atoms with E-state index in [0.29, 0.717) is 23.7 Å². The van der Waals surface area contributed by atoms with Crippen LogP contribution >= 0.6 is 27.7 Å². The summed E-state index contributed by atoms with van der Waals surface area (Å²) in [4.78, 5) is 14.0. The summed E-state index contributed by atoms with van der Waals surface area (Å²) < 4.78 is 34.3. The summed E-state index contributed by atoms with van der Waals surface area (Å²) in [5.74, 6) is 1.04. The number of para-hydroxylation sites is 1. The van der Waals surface area contributed by atoms with E-state index in [1.54, 1.807) is 54.2 Å². The Morgan fingerprint density at radius 2 is 1.67 bits per heavy atom. The fourth-order valence-corrected chi connectivity index (χ4v) is 5.54. The molecule has 0 saturated heterocycles. The van der Waals surface area contributed by atoms with Crippen molar-refractivity contribution in [2.45, 2.75) is 23.6 Å². The van der Waals surface area contributed by atoms with Gasteiger partial charge in [-0.25, -0.2) is 8.42 Å². The van der Waals surface area contributed by atoms with E-state index in [4.69, 9.17) is 4.74 Å². The predicted molar refractivity (Wildman–Crippen MR) is 138 cm³/mol. The highest BCUT2D eigenvalue weighted by atomic mass is 79.9. The third-order valence-electron chi connectivity index (χ3n) is 4.59. The number of nitrogens with zero attached hydrogens (tertiary/aromatic N) is 1. The van der Waals surface area contributed by atoms with Gasteiger partial charge in [0.05, 0.1) is 22.9 Å². The molecule has 0 bridgehead atoms. The molecule has 0 unspecified atom stereocenters. The summed E-state index contributed by atoms with van der Waals surface area (Å²) in [6.07, 6.45) is 0. The van der Waals surface area contributed by atoms with E-state index in [9.17, 15) is 13.2 Å². The van der Waals surface area contributed by atoms with Gasteiger partial charge in [0.2, 0.25) is 5.91 Å². The smallest absolute Gasteiger partial charge is 0.264 e. The van der Waals surface area contributed by atoms with Crippen molar-refractivity contribution < 1.29 is 17.9 Å². The Kier molecular flexibility index (Phi) is 8.82. The summed E-state index contributed by atoms with van der Waals surface area (Å²) in [6, 6.07) is 20.4. The van der Waals surface area contributed by atoms with Crippen LogP contribution in [0, 0.1) is 0 Å². The summed E-state index contributed by atoms with van der Waals surface area (Å²) in [5.41, 5.74) is 1.02. The first-order valence-corrected chi connectivity index (χ1v) is 13.6. The lowest BCUT2D eigenvalue weighted by molar-refractivity contribution is -0.114. The fourth-order valence-electron chi connectivity index (χ4n) is 3.10. The zero-order chi connectivity index (χ0) is 23.8. The van der Waals surface area contributed by atoms with Gasteiger partial charge in [-0.05, 0) is 73.3 Å². The van der Waals surface area contributed by atoms with Crippen molar-refractivity contribution in [2.75, 3.05) is 28.5 Å². The van der Waals surface area contributed by atoms with Gasteiger partial charge in [0, 0.05) is 9.37 Å². The van der Waals surface area contributed by atoms with Crippen molar-refractivity contribution in [3.05, 3.63) is 77.3 Å². The van der Waals surface area contributed by atoms with Gasteiger partial charge in [-0.15, -0.1) is 11.8 Å². The van der Waals surface area contributed by atoms with E-state index in [2.05, 4.69) is 21.2 Å². The quantitative estimate of drug-likeness (QED) is 0.324. The van der Waals surface area contributed by atoms with Crippen molar-refractivity contribution in [3.63, 3.8) is 0 Å². The minimum atomic E-state index is -4.00. The average Bonchev–Trinajstić information content (AvgIpc) is 2.80. The molecule has 0 fully saturated rings. The molecule has 0 atom stereocenters. The molecule has 9 heteroatoms. The van der Waals surface area contributed by atoms with Gasteiger partial charge >= 0.3 is 0 Å². The molecule has 3 aromatic carbocycles. The third kappa shape index (κ3) is 6.52. The minimum Gasteiger partial charge on any atom is -0.494 e. The summed E-state index contributed by atoms with van der Waals surface area (Å²) in [5, 5.41) is 2.86. The molecule has 174 valence electrons. The lowest BCUT2D eigenvalue weighted by Crippen LogP contribution is -2.38. The molecule has 0 aliphatic heterocycles. The molecule has 0 aliphatic rings. The number of sulfonamides is 1. The Bertz CT molecular complexity index is 1180. The van der Waals surface area contributed by atoms with Crippen molar-refractivity contribution in [3.8, 4) is 5.75 Å². The number of anilines is 2. The van der Waals surface area contributed by atoms with Gasteiger partial charge < -0.3 is 10.1 Å². The number of nitrogens with one attached hydrogen (secondary N) is 1. The Balaban J connectivity index is 1.93. The standard InChI is InChI=1S/C24H25BrN2O4S2/c1-3-31-20-13-11-19(12-14-20)27(33(29,30)21-15-9-18(25)10-16-21)17-24(28)26-22-7-5-6-8-23(22)32-4-2/h5-16H,3-4,17H2,1-2H3,(H,26,28). The van der Waals surface area contributed by atoms with Gasteiger partial charge in [-0.3, -0.25) is 9.10 Å². The van der Waals surface area contributed by atoms with Crippen molar-refractivity contribution in [1.82, 2.24) is 0 Å². The predicted octanol–water partition coefficient (Wildman–Crippen LogP) is 5.79. The summed E-state index contributed by atoms with van der Waals surface area (Å²) in [6.45, 7) is 4.02. The number of ether oxygens (including phenoxy) is 1. The number of carbonyl (C=O) groups is 1. The number of thioether (sulfide) groups is 1. The first-order chi connectivity index (χ1) is 15.8. The maximum absolute atomic E-state index is 13.5. The lowest BCUT2D eigenvalue weighted by Gasteiger charge is -2.24. The van der Waals surface area contributed by atoms with Crippen LogP contribution in [0.2, 0.25) is 0 Å². The van der Waals surface area contributed by atoms with Crippen LogP contribution in [0.1, 0.15) is 13.8 Å². The molecule has 1 N–H and O–H groups in total. The largest absolute Gasteiger partial charge is 0.494 e. The van der Waals surface area contributed by atoms with Gasteiger partial charge in [-0.2, -0.15) is 0 Å². The van der Waals surface area contributed by atoms with Crippen molar-refractivity contribution in [1.29, 1.82) is 0 Å². The molecule has 3 aromatic rings. The van der Waals surface area contributed by atoms with Crippen LogP contribution in [0.3, 0.4) is 0 Å². The Hall–Kier alpha value is -2.49. The second-order valence-electron chi connectivity index (χ2n) is 6.87. The highest BCUT2D eigenvalue weighted by Gasteiger charge is 2.27. The van der Waals surface area contributed by atoms with Gasteiger partial charge in [0.15, 0.2) is 0 Å². The zero-order valence-corrected chi connectivity index (χ0v) is 21.5. The number of amides is 1. The topological polar surface area (TPSA) is 75.7 Å². The van der Waals surface area contributed by atoms with E-state index in [-0.39, 0.29) is 11.4 Å². The summed E-state index contributed by atoms with van der Waals surface area (Å²) in [7, 11) is -4.00. The Morgan fingerprint density at radius 1 is 1.00 bits per heavy atom. The van der Waals surface area contributed by atoms with E-state index >= 15 is 0 Å². The monoisotopic (exact) mass is 548 g/mol. The number of benzene rings is 3. The molecule has 6 nitrogen and oxygen atoms in total. The van der Waals surface area contributed by atoms with E-state index < -0.39 is 15.9 Å². The molecule has 0 radical (unpaired) electrons. The van der Waals surface area contributed by atoms with Crippen LogP contribution in [0.4, 0.5) is 11.4 Å². The molecular formula is C24H25BrN2O4S2. The van der Waals surface area contributed by atoms with Crippen LogP contribution in [0.25, 0.3) is 0 Å². The van der Waals surface area contributed by atoms with E-state index in [1.165, 1.54) is 12.1 Å². The molecule has 0 heterocycles. The lowest BCUT2D eigenvalue weighted by atomic mass is 10.3. The second-order valence-corrected chi connectivity index (χ2v) is 11.0. The zero-order valence-electron chi connectivity index (χ0n) is 18.3. The van der Waals surface area contributed by atoms with Gasteiger partial charge in [0.25, 0.3) is 10.0 Å². The van der Waals surface area contributed by atoms with E-state index in [0.717, 1.165) is 19.4 Å². The first-order valence-electron chi connectivity index (χ1n) is 10.4. The fraction of sp³-hybridized carbons (Fsp3) is 0.208. The third-order valence-corrected chi connectivity index (χ3v) is 7.86.